The predicted octanol–water partition coefficient (Wildman–Crippen LogP) is 2.96. The van der Waals surface area contributed by atoms with Crippen LogP contribution in [0.5, 0.6) is 0 Å². The fraction of sp³-hybridized carbons (Fsp3) is 0.0625. The first-order valence-corrected chi connectivity index (χ1v) is 6.99. The Kier molecular flexibility index (Phi) is 5.02. The van der Waals surface area contributed by atoms with Gasteiger partial charge in [-0.15, -0.1) is 0 Å². The van der Waals surface area contributed by atoms with Crippen molar-refractivity contribution < 1.29 is 19.1 Å². The van der Waals surface area contributed by atoms with E-state index < -0.39 is 17.7 Å². The molecule has 1 amide bonds. The molecule has 0 aromatic heterocycles. The number of carbonyl (C=O) groups excluding carboxylic acids is 1. The molecule has 3 N–H and O–H groups in total. The Morgan fingerprint density at radius 2 is 1.87 bits per heavy atom. The van der Waals surface area contributed by atoms with Crippen LogP contribution in [-0.4, -0.2) is 22.1 Å². The van der Waals surface area contributed by atoms with Gasteiger partial charge in [0.15, 0.2) is 5.11 Å². The molecule has 0 heterocycles. The fourth-order valence-electron chi connectivity index (χ4n) is 1.90. The van der Waals surface area contributed by atoms with Crippen molar-refractivity contribution in [2.24, 2.45) is 0 Å². The molecule has 23 heavy (non-hydrogen) atoms. The molecule has 7 heteroatoms. The second-order valence-corrected chi connectivity index (χ2v) is 5.16. The Balaban J connectivity index is 2.05. The Morgan fingerprint density at radius 1 is 1.13 bits per heavy atom. The minimum Gasteiger partial charge on any atom is -0.478 e. The molecule has 2 aromatic rings. The zero-order valence-electron chi connectivity index (χ0n) is 12.1. The van der Waals surface area contributed by atoms with Crippen LogP contribution in [0.3, 0.4) is 0 Å². The lowest BCUT2D eigenvalue weighted by atomic mass is 10.1. The van der Waals surface area contributed by atoms with E-state index >= 15 is 0 Å². The summed E-state index contributed by atoms with van der Waals surface area (Å²) >= 11 is 5.04. The van der Waals surface area contributed by atoms with Gasteiger partial charge in [-0.2, -0.15) is 0 Å². The van der Waals surface area contributed by atoms with Gasteiger partial charge in [0.05, 0.1) is 5.56 Å². The first kappa shape index (κ1) is 16.6. The quantitative estimate of drug-likeness (QED) is 0.753. The molecule has 0 radical (unpaired) electrons. The van der Waals surface area contributed by atoms with Crippen molar-refractivity contribution in [1.29, 1.82) is 0 Å². The molecule has 0 bridgehead atoms. The monoisotopic (exact) mass is 332 g/mol. The molecule has 0 saturated heterocycles. The molecule has 5 nitrogen and oxygen atoms in total. The smallest absolute Gasteiger partial charge is 0.335 e. The van der Waals surface area contributed by atoms with E-state index in [1.807, 2.05) is 0 Å². The summed E-state index contributed by atoms with van der Waals surface area (Å²) in [5.74, 6) is -2.08. The molecule has 118 valence electrons. The van der Waals surface area contributed by atoms with Gasteiger partial charge in [-0.25, -0.2) is 9.18 Å². The topological polar surface area (TPSA) is 78.4 Å². The summed E-state index contributed by atoms with van der Waals surface area (Å²) in [6.45, 7) is 1.71. The third kappa shape index (κ3) is 4.33. The van der Waals surface area contributed by atoms with Crippen LogP contribution in [0.25, 0.3) is 0 Å². The van der Waals surface area contributed by atoms with Gasteiger partial charge < -0.3 is 10.4 Å². The van der Waals surface area contributed by atoms with Crippen LogP contribution in [0.2, 0.25) is 0 Å². The standard InChI is InChI=1S/C16H13FN2O3S/c1-9-7-11(15(21)22)5-6-13(9)18-16(23)19-14(20)10-3-2-4-12(17)8-10/h2-8H,1H3,(H,21,22)(H2,18,19,20,23). The van der Waals surface area contributed by atoms with E-state index in [1.165, 1.54) is 30.3 Å². The number of amides is 1. The van der Waals surface area contributed by atoms with Crippen molar-refractivity contribution in [3.8, 4) is 0 Å². The highest BCUT2D eigenvalue weighted by Gasteiger charge is 2.10. The molecule has 0 aliphatic rings. The molecule has 0 spiro atoms. The first-order chi connectivity index (χ1) is 10.9. The maximum atomic E-state index is 13.1. The summed E-state index contributed by atoms with van der Waals surface area (Å²) < 4.78 is 13.1. The zero-order valence-corrected chi connectivity index (χ0v) is 12.9. The van der Waals surface area contributed by atoms with Crippen LogP contribution in [0.1, 0.15) is 26.3 Å². The van der Waals surface area contributed by atoms with Crippen LogP contribution in [0.15, 0.2) is 42.5 Å². The number of hydrogen-bond acceptors (Lipinski definition) is 3. The van der Waals surface area contributed by atoms with E-state index in [-0.39, 0.29) is 16.2 Å². The Labute approximate surface area is 137 Å². The van der Waals surface area contributed by atoms with Gasteiger partial charge in [0.1, 0.15) is 5.82 Å². The zero-order chi connectivity index (χ0) is 17.0. The predicted molar refractivity (Wildman–Crippen MR) is 88.2 cm³/mol. The molecule has 0 saturated carbocycles. The van der Waals surface area contributed by atoms with Gasteiger partial charge >= 0.3 is 5.97 Å². The van der Waals surface area contributed by atoms with E-state index in [9.17, 15) is 14.0 Å². The van der Waals surface area contributed by atoms with Crippen LogP contribution in [-0.2, 0) is 0 Å². The normalized spacial score (nSPS) is 10.0. The molecule has 0 aliphatic carbocycles. The lowest BCUT2D eigenvalue weighted by molar-refractivity contribution is 0.0696. The van der Waals surface area contributed by atoms with E-state index in [0.29, 0.717) is 11.3 Å². The number of nitrogens with one attached hydrogen (secondary N) is 2. The van der Waals surface area contributed by atoms with Crippen LogP contribution in [0.4, 0.5) is 10.1 Å². The Hall–Kier alpha value is -2.80. The number of carboxylic acid groups (broad SMARTS) is 1. The number of hydrogen-bond donors (Lipinski definition) is 3. The molecule has 0 atom stereocenters. The number of carbonyl (C=O) groups is 2. The molecular weight excluding hydrogens is 319 g/mol. The average molecular weight is 332 g/mol. The molecule has 2 rings (SSSR count). The first-order valence-electron chi connectivity index (χ1n) is 6.58. The largest absolute Gasteiger partial charge is 0.478 e. The molecular formula is C16H13FN2O3S. The number of halogens is 1. The Morgan fingerprint density at radius 3 is 2.48 bits per heavy atom. The van der Waals surface area contributed by atoms with Crippen molar-refractivity contribution in [2.45, 2.75) is 6.92 Å². The molecule has 0 fully saturated rings. The highest BCUT2D eigenvalue weighted by atomic mass is 32.1. The lowest BCUT2D eigenvalue weighted by Crippen LogP contribution is -2.34. The summed E-state index contributed by atoms with van der Waals surface area (Å²) in [4.78, 5) is 22.8. The van der Waals surface area contributed by atoms with Crippen molar-refractivity contribution in [2.75, 3.05) is 5.32 Å². The van der Waals surface area contributed by atoms with E-state index in [2.05, 4.69) is 10.6 Å². The number of carboxylic acids is 1. The SMILES string of the molecule is Cc1cc(C(=O)O)ccc1NC(=S)NC(=O)c1cccc(F)c1. The third-order valence-electron chi connectivity index (χ3n) is 3.04. The van der Waals surface area contributed by atoms with Crippen LogP contribution in [0, 0.1) is 12.7 Å². The highest BCUT2D eigenvalue weighted by molar-refractivity contribution is 7.80. The Bertz CT molecular complexity index is 793. The fourth-order valence-corrected chi connectivity index (χ4v) is 2.10. The average Bonchev–Trinajstić information content (AvgIpc) is 2.49. The maximum Gasteiger partial charge on any atom is 0.335 e. The van der Waals surface area contributed by atoms with Gasteiger partial charge in [-0.1, -0.05) is 6.07 Å². The number of thiocarbonyl (C=S) groups is 1. The molecule has 0 aliphatic heterocycles. The summed E-state index contributed by atoms with van der Waals surface area (Å²) in [5.41, 5.74) is 1.53. The minimum atomic E-state index is -1.03. The van der Waals surface area contributed by atoms with Crippen LogP contribution < -0.4 is 10.6 Å². The summed E-state index contributed by atoms with van der Waals surface area (Å²) in [7, 11) is 0. The van der Waals surface area contributed by atoms with Crippen LogP contribution >= 0.6 is 12.2 Å². The van der Waals surface area contributed by atoms with Gasteiger partial charge in [0.25, 0.3) is 5.91 Å². The molecule has 0 unspecified atom stereocenters. The van der Waals surface area contributed by atoms with Gasteiger partial charge in [0, 0.05) is 11.3 Å². The maximum absolute atomic E-state index is 13.1. The number of anilines is 1. The summed E-state index contributed by atoms with van der Waals surface area (Å²) in [5, 5.41) is 14.2. The van der Waals surface area contributed by atoms with E-state index in [4.69, 9.17) is 17.3 Å². The number of aromatic carboxylic acids is 1. The van der Waals surface area contributed by atoms with Crippen molar-refractivity contribution in [1.82, 2.24) is 5.32 Å². The lowest BCUT2D eigenvalue weighted by Gasteiger charge is -2.12. The summed E-state index contributed by atoms with van der Waals surface area (Å²) in [6, 6.07) is 9.70. The number of aryl methyl sites for hydroxylation is 1. The minimum absolute atomic E-state index is 0.0328. The van der Waals surface area contributed by atoms with Crippen molar-refractivity contribution in [3.05, 3.63) is 65.0 Å². The van der Waals surface area contributed by atoms with E-state index in [1.54, 1.807) is 13.0 Å². The second kappa shape index (κ2) is 6.97. The highest BCUT2D eigenvalue weighted by Crippen LogP contribution is 2.16. The van der Waals surface area contributed by atoms with Gasteiger partial charge in [-0.3, -0.25) is 10.1 Å². The molecule has 2 aromatic carbocycles. The van der Waals surface area contributed by atoms with Gasteiger partial charge in [0.2, 0.25) is 0 Å². The third-order valence-corrected chi connectivity index (χ3v) is 3.24. The number of benzene rings is 2. The van der Waals surface area contributed by atoms with Gasteiger partial charge in [-0.05, 0) is 61.1 Å². The second-order valence-electron chi connectivity index (χ2n) is 4.75. The summed E-state index contributed by atoms with van der Waals surface area (Å²) in [6.07, 6.45) is 0. The van der Waals surface area contributed by atoms with E-state index in [0.717, 1.165) is 6.07 Å². The van der Waals surface area contributed by atoms with Crippen molar-refractivity contribution in [3.63, 3.8) is 0 Å². The van der Waals surface area contributed by atoms with Crippen molar-refractivity contribution >= 4 is 34.9 Å². The number of rotatable bonds is 3.